The Morgan fingerprint density at radius 1 is 1.13 bits per heavy atom. The van der Waals surface area contributed by atoms with E-state index < -0.39 is 6.29 Å². The number of aliphatic hydroxyl groups is 1. The molecule has 160 valence electrons. The van der Waals surface area contributed by atoms with Gasteiger partial charge < -0.3 is 24.6 Å². The minimum atomic E-state index is -0.574. The number of hydrogen-bond acceptors (Lipinski definition) is 5. The molecule has 3 rings (SSSR count). The van der Waals surface area contributed by atoms with Gasteiger partial charge in [-0.15, -0.1) is 0 Å². The van der Waals surface area contributed by atoms with Crippen molar-refractivity contribution in [2.75, 3.05) is 25.6 Å². The van der Waals surface area contributed by atoms with Crippen molar-refractivity contribution < 1.29 is 24.1 Å². The quantitative estimate of drug-likeness (QED) is 0.650. The fourth-order valence-corrected chi connectivity index (χ4v) is 3.69. The molecule has 1 heterocycles. The van der Waals surface area contributed by atoms with Crippen LogP contribution in [0.1, 0.15) is 31.2 Å². The summed E-state index contributed by atoms with van der Waals surface area (Å²) in [7, 11) is 1.63. The second-order valence-electron chi connectivity index (χ2n) is 7.12. The van der Waals surface area contributed by atoms with Crippen LogP contribution in [0, 0.1) is 5.92 Å². The first-order valence-electron chi connectivity index (χ1n) is 10.3. The van der Waals surface area contributed by atoms with Crippen LogP contribution in [0.15, 0.2) is 66.4 Å². The van der Waals surface area contributed by atoms with Crippen LogP contribution in [-0.4, -0.2) is 37.6 Å². The Kier molecular flexibility index (Phi) is 7.88. The zero-order valence-electron chi connectivity index (χ0n) is 17.4. The van der Waals surface area contributed by atoms with E-state index in [-0.39, 0.29) is 30.1 Å². The van der Waals surface area contributed by atoms with E-state index in [2.05, 4.69) is 5.32 Å². The summed E-state index contributed by atoms with van der Waals surface area (Å²) in [5.41, 5.74) is 1.74. The van der Waals surface area contributed by atoms with Crippen LogP contribution in [0.3, 0.4) is 0 Å². The Morgan fingerprint density at radius 3 is 2.50 bits per heavy atom. The summed E-state index contributed by atoms with van der Waals surface area (Å²) < 4.78 is 17.1. The first kappa shape index (κ1) is 21.9. The van der Waals surface area contributed by atoms with E-state index in [0.29, 0.717) is 25.1 Å². The molecule has 0 saturated carbocycles. The summed E-state index contributed by atoms with van der Waals surface area (Å²) in [5, 5.41) is 12.2. The molecule has 3 atom stereocenters. The summed E-state index contributed by atoms with van der Waals surface area (Å²) in [6.45, 7) is 2.45. The molecule has 0 spiro atoms. The van der Waals surface area contributed by atoms with E-state index >= 15 is 0 Å². The fourth-order valence-electron chi connectivity index (χ4n) is 3.69. The number of aliphatic hydroxyl groups excluding tert-OH is 1. The van der Waals surface area contributed by atoms with Gasteiger partial charge in [0.05, 0.1) is 7.11 Å². The smallest absolute Gasteiger partial charge is 0.290 e. The zero-order valence-corrected chi connectivity index (χ0v) is 17.4. The summed E-state index contributed by atoms with van der Waals surface area (Å²) >= 11 is 0. The number of anilines is 1. The largest absolute Gasteiger partial charge is 0.497 e. The highest BCUT2D eigenvalue weighted by Gasteiger charge is 2.37. The molecule has 2 aromatic carbocycles. The molecule has 2 aromatic rings. The van der Waals surface area contributed by atoms with Gasteiger partial charge in [-0.3, -0.25) is 4.79 Å². The highest BCUT2D eigenvalue weighted by atomic mass is 16.7. The molecule has 0 fully saturated rings. The number of carbonyl (C=O) groups excluding carboxylic acids is 1. The van der Waals surface area contributed by atoms with Crippen LogP contribution >= 0.6 is 0 Å². The van der Waals surface area contributed by atoms with Gasteiger partial charge in [0.1, 0.15) is 5.75 Å². The molecular formula is C24H29NO5. The zero-order chi connectivity index (χ0) is 21.3. The predicted molar refractivity (Wildman–Crippen MR) is 115 cm³/mol. The van der Waals surface area contributed by atoms with E-state index in [1.54, 1.807) is 7.11 Å². The number of nitrogens with one attached hydrogen (secondary N) is 1. The molecule has 1 amide bonds. The van der Waals surface area contributed by atoms with Crippen LogP contribution in [-0.2, 0) is 14.3 Å². The molecule has 1 aliphatic heterocycles. The van der Waals surface area contributed by atoms with Crippen LogP contribution in [0.4, 0.5) is 5.69 Å². The van der Waals surface area contributed by atoms with Crippen molar-refractivity contribution >= 4 is 11.6 Å². The van der Waals surface area contributed by atoms with Crippen molar-refractivity contribution in [2.45, 2.75) is 32.0 Å². The van der Waals surface area contributed by atoms with E-state index in [9.17, 15) is 9.90 Å². The van der Waals surface area contributed by atoms with Gasteiger partial charge in [0.25, 0.3) is 5.91 Å². The fraction of sp³-hybridized carbons (Fsp3) is 0.375. The van der Waals surface area contributed by atoms with E-state index in [1.807, 2.05) is 67.6 Å². The van der Waals surface area contributed by atoms with Gasteiger partial charge in [0.15, 0.2) is 5.76 Å². The average Bonchev–Trinajstić information content (AvgIpc) is 2.78. The first-order chi connectivity index (χ1) is 14.7. The molecule has 0 saturated heterocycles. The molecule has 0 radical (unpaired) electrons. The number of para-hydroxylation sites is 1. The Labute approximate surface area is 177 Å². The normalized spacial score (nSPS) is 20.8. The second-order valence-corrected chi connectivity index (χ2v) is 7.12. The molecule has 6 heteroatoms. The number of allylic oxidation sites excluding steroid dienone is 1. The number of carbonyl (C=O) groups is 1. The molecule has 30 heavy (non-hydrogen) atoms. The van der Waals surface area contributed by atoms with Gasteiger partial charge in [-0.2, -0.15) is 0 Å². The summed E-state index contributed by atoms with van der Waals surface area (Å²) in [6, 6.07) is 17.1. The van der Waals surface area contributed by atoms with Crippen LogP contribution in [0.5, 0.6) is 5.75 Å². The monoisotopic (exact) mass is 411 g/mol. The van der Waals surface area contributed by atoms with E-state index in [1.165, 1.54) is 0 Å². The number of benzene rings is 2. The molecule has 2 N–H and O–H groups in total. The first-order valence-corrected chi connectivity index (χ1v) is 10.3. The predicted octanol–water partition coefficient (Wildman–Crippen LogP) is 4.08. The molecule has 0 unspecified atom stereocenters. The molecule has 0 bridgehead atoms. The van der Waals surface area contributed by atoms with Crippen molar-refractivity contribution in [1.82, 2.24) is 0 Å². The lowest BCUT2D eigenvalue weighted by molar-refractivity contribution is -0.165. The Bertz CT molecular complexity index is 834. The average molecular weight is 411 g/mol. The number of ether oxygens (including phenoxy) is 3. The van der Waals surface area contributed by atoms with Gasteiger partial charge in [0.2, 0.25) is 6.29 Å². The highest BCUT2D eigenvalue weighted by molar-refractivity contribution is 6.02. The Morgan fingerprint density at radius 2 is 1.87 bits per heavy atom. The third kappa shape index (κ3) is 5.40. The molecule has 0 aromatic heterocycles. The van der Waals surface area contributed by atoms with Crippen molar-refractivity contribution in [3.05, 3.63) is 72.0 Å². The third-order valence-corrected chi connectivity index (χ3v) is 5.17. The highest BCUT2D eigenvalue weighted by Crippen LogP contribution is 2.40. The Hall–Kier alpha value is -2.83. The maximum Gasteiger partial charge on any atom is 0.290 e. The van der Waals surface area contributed by atoms with E-state index in [0.717, 1.165) is 11.3 Å². The maximum atomic E-state index is 12.9. The van der Waals surface area contributed by atoms with Crippen LogP contribution in [0.25, 0.3) is 0 Å². The van der Waals surface area contributed by atoms with Crippen molar-refractivity contribution in [3.63, 3.8) is 0 Å². The molecule has 1 aliphatic rings. The molecule has 6 nitrogen and oxygen atoms in total. The van der Waals surface area contributed by atoms with Crippen LogP contribution in [0.2, 0.25) is 0 Å². The summed E-state index contributed by atoms with van der Waals surface area (Å²) in [6.07, 6.45) is 2.62. The lowest BCUT2D eigenvalue weighted by atomic mass is 9.80. The van der Waals surface area contributed by atoms with Gasteiger partial charge in [0, 0.05) is 30.7 Å². The summed E-state index contributed by atoms with van der Waals surface area (Å²) in [5.74, 6) is 0.566. The minimum absolute atomic E-state index is 0.0289. The lowest BCUT2D eigenvalue weighted by Crippen LogP contribution is -2.37. The van der Waals surface area contributed by atoms with Crippen molar-refractivity contribution in [3.8, 4) is 5.75 Å². The standard InChI is InChI=1S/C24H29NO5/c1-3-29-24-20(10-7-15-26)21(17-11-13-19(28-2)14-12-17)16-22(30-24)23(27)25-18-8-5-4-6-9-18/h4-6,8-9,11-14,16,20-21,24,26H,3,7,10,15H2,1-2H3,(H,25,27)/t20-,21-,24-/m0/s1. The van der Waals surface area contributed by atoms with Crippen LogP contribution < -0.4 is 10.1 Å². The molecular weight excluding hydrogens is 382 g/mol. The lowest BCUT2D eigenvalue weighted by Gasteiger charge is -2.37. The number of amides is 1. The minimum Gasteiger partial charge on any atom is -0.497 e. The number of hydrogen-bond donors (Lipinski definition) is 2. The third-order valence-electron chi connectivity index (χ3n) is 5.17. The van der Waals surface area contributed by atoms with Gasteiger partial charge >= 0.3 is 0 Å². The second kappa shape index (κ2) is 10.8. The molecule has 0 aliphatic carbocycles. The Balaban J connectivity index is 1.92. The van der Waals surface area contributed by atoms with Gasteiger partial charge in [-0.25, -0.2) is 0 Å². The van der Waals surface area contributed by atoms with Gasteiger partial charge in [-0.1, -0.05) is 30.3 Å². The number of rotatable bonds is 9. The maximum absolute atomic E-state index is 12.9. The topological polar surface area (TPSA) is 77.0 Å². The summed E-state index contributed by atoms with van der Waals surface area (Å²) in [4.78, 5) is 12.9. The van der Waals surface area contributed by atoms with E-state index in [4.69, 9.17) is 14.2 Å². The number of methoxy groups -OCH3 is 1. The van der Waals surface area contributed by atoms with Gasteiger partial charge in [-0.05, 0) is 55.7 Å². The SMILES string of the molecule is CCO[C@H]1OC(C(=O)Nc2ccccc2)=C[C@@H](c2ccc(OC)cc2)[C@@H]1CCCO. The van der Waals surface area contributed by atoms with Crippen molar-refractivity contribution in [2.24, 2.45) is 5.92 Å². The van der Waals surface area contributed by atoms with Crippen molar-refractivity contribution in [1.29, 1.82) is 0 Å².